The summed E-state index contributed by atoms with van der Waals surface area (Å²) in [6.07, 6.45) is 18.9. The second-order valence-corrected chi connectivity index (χ2v) is 10.8. The molecule has 0 aliphatic rings. The summed E-state index contributed by atoms with van der Waals surface area (Å²) < 4.78 is 29.5. The van der Waals surface area contributed by atoms with Crippen LogP contribution < -0.4 is 12.4 Å². The third-order valence-corrected chi connectivity index (χ3v) is 6.30. The lowest BCUT2D eigenvalue weighted by Gasteiger charge is -2.23. The minimum atomic E-state index is -3.33. The Balaban J connectivity index is 0. The third kappa shape index (κ3) is 24.2. The first kappa shape index (κ1) is 30.4. The number of nitrogens with zero attached hydrogens (tertiary/aromatic N) is 1. The molecule has 0 aromatic rings. The monoisotopic (exact) mass is 441 g/mol. The van der Waals surface area contributed by atoms with Crippen LogP contribution in [0.2, 0.25) is 0 Å². The highest BCUT2D eigenvalue weighted by atomic mass is 35.5. The first-order valence-corrected chi connectivity index (χ1v) is 13.0. The van der Waals surface area contributed by atoms with E-state index < -0.39 is 10.1 Å². The molecule has 0 unspecified atom stereocenters. The maximum absolute atomic E-state index is 11.8. The summed E-state index contributed by atoms with van der Waals surface area (Å²) in [5.74, 6) is 0.140. The lowest BCUT2D eigenvalue weighted by atomic mass is 10.0. The maximum atomic E-state index is 11.8. The normalized spacial score (nSPS) is 12.1. The van der Waals surface area contributed by atoms with Gasteiger partial charge in [0.2, 0.25) is 0 Å². The number of rotatable bonds is 20. The largest absolute Gasteiger partial charge is 1.00 e. The molecule has 0 aromatic heterocycles. The average molecular weight is 442 g/mol. The van der Waals surface area contributed by atoms with Gasteiger partial charge in [-0.2, -0.15) is 8.42 Å². The fourth-order valence-corrected chi connectivity index (χ4v) is 4.23. The van der Waals surface area contributed by atoms with Crippen molar-refractivity contribution in [3.63, 3.8) is 0 Å². The molecule has 6 heteroatoms. The van der Waals surface area contributed by atoms with Crippen LogP contribution in [0.5, 0.6) is 0 Å². The van der Waals surface area contributed by atoms with Crippen molar-refractivity contribution in [2.45, 2.75) is 103 Å². The molecule has 0 aliphatic heterocycles. The van der Waals surface area contributed by atoms with Gasteiger partial charge in [-0.25, -0.2) is 0 Å². The SMILES string of the molecule is CCCCCCCCCCCCCCCCOS(=O)(=O)CCC[N+](C)(C)C.[Cl-]. The predicted octanol–water partition coefficient (Wildman–Crippen LogP) is 2.91. The van der Waals surface area contributed by atoms with Gasteiger partial charge in [-0.05, 0) is 6.42 Å². The fraction of sp³-hybridized carbons (Fsp3) is 1.00. The standard InChI is InChI=1S/C22H48NO3S.ClH/c1-5-6-7-8-9-10-11-12-13-14-15-16-17-18-21-26-27(24,25)22-19-20-23(2,3)4;/h5-22H2,1-4H3;1H/q+1;/p-1. The van der Waals surface area contributed by atoms with E-state index in [1.807, 2.05) is 0 Å². The molecule has 0 atom stereocenters. The Kier molecular flexibility index (Phi) is 20.8. The van der Waals surface area contributed by atoms with E-state index in [9.17, 15) is 8.42 Å². The summed E-state index contributed by atoms with van der Waals surface area (Å²) in [5, 5.41) is 0. The van der Waals surface area contributed by atoms with Crippen LogP contribution in [0.1, 0.15) is 103 Å². The summed E-state index contributed by atoms with van der Waals surface area (Å²) in [6.45, 7) is 3.47. The second kappa shape index (κ2) is 19.1. The Bertz CT molecular complexity index is 422. The van der Waals surface area contributed by atoms with E-state index in [-0.39, 0.29) is 18.2 Å². The summed E-state index contributed by atoms with van der Waals surface area (Å²) in [5.41, 5.74) is 0. The van der Waals surface area contributed by atoms with Crippen LogP contribution in [-0.2, 0) is 14.3 Å². The number of unbranched alkanes of at least 4 members (excludes halogenated alkanes) is 13. The summed E-state index contributed by atoms with van der Waals surface area (Å²) in [4.78, 5) is 0. The molecule has 0 amide bonds. The van der Waals surface area contributed by atoms with E-state index in [0.717, 1.165) is 23.9 Å². The van der Waals surface area contributed by atoms with Crippen LogP contribution in [0.4, 0.5) is 0 Å². The zero-order valence-corrected chi connectivity index (χ0v) is 20.8. The van der Waals surface area contributed by atoms with Crippen molar-refractivity contribution in [1.29, 1.82) is 0 Å². The Morgan fingerprint density at radius 3 is 1.43 bits per heavy atom. The van der Waals surface area contributed by atoms with E-state index in [0.29, 0.717) is 13.0 Å². The molecule has 0 heterocycles. The van der Waals surface area contributed by atoms with Crippen LogP contribution in [0.15, 0.2) is 0 Å². The van der Waals surface area contributed by atoms with Gasteiger partial charge in [0.1, 0.15) is 0 Å². The lowest BCUT2D eigenvalue weighted by molar-refractivity contribution is -0.870. The maximum Gasteiger partial charge on any atom is 0.267 e. The molecule has 4 nitrogen and oxygen atoms in total. The van der Waals surface area contributed by atoms with Crippen molar-refractivity contribution in [2.75, 3.05) is 40.0 Å². The van der Waals surface area contributed by atoms with Gasteiger partial charge in [0.25, 0.3) is 10.1 Å². The molecule has 0 fully saturated rings. The predicted molar refractivity (Wildman–Crippen MR) is 118 cm³/mol. The van der Waals surface area contributed by atoms with Gasteiger partial charge in [-0.1, -0.05) is 90.4 Å². The van der Waals surface area contributed by atoms with E-state index >= 15 is 0 Å². The quantitative estimate of drug-likeness (QED) is 0.166. The van der Waals surface area contributed by atoms with Crippen molar-refractivity contribution >= 4 is 10.1 Å². The first-order chi connectivity index (χ1) is 12.8. The molecule has 0 saturated carbocycles. The molecule has 0 saturated heterocycles. The van der Waals surface area contributed by atoms with E-state index in [1.165, 1.54) is 77.0 Å². The lowest BCUT2D eigenvalue weighted by Crippen LogP contribution is -3.00. The summed E-state index contributed by atoms with van der Waals surface area (Å²) in [6, 6.07) is 0. The zero-order chi connectivity index (χ0) is 20.4. The first-order valence-electron chi connectivity index (χ1n) is 11.4. The topological polar surface area (TPSA) is 43.4 Å². The van der Waals surface area contributed by atoms with E-state index in [2.05, 4.69) is 28.1 Å². The molecule has 28 heavy (non-hydrogen) atoms. The van der Waals surface area contributed by atoms with Gasteiger partial charge >= 0.3 is 0 Å². The van der Waals surface area contributed by atoms with Crippen LogP contribution in [-0.4, -0.2) is 52.9 Å². The molecule has 0 spiro atoms. The van der Waals surface area contributed by atoms with Gasteiger partial charge < -0.3 is 16.9 Å². The summed E-state index contributed by atoms with van der Waals surface area (Å²) in [7, 11) is 2.88. The Labute approximate surface area is 182 Å². The number of hydrogen-bond donors (Lipinski definition) is 0. The average Bonchev–Trinajstić information content (AvgIpc) is 2.57. The van der Waals surface area contributed by atoms with Gasteiger partial charge in [0.05, 0.1) is 40.0 Å². The highest BCUT2D eigenvalue weighted by Gasteiger charge is 2.14. The molecule has 0 rings (SSSR count). The van der Waals surface area contributed by atoms with Crippen molar-refractivity contribution in [1.82, 2.24) is 0 Å². The molecule has 172 valence electrons. The molecular weight excluding hydrogens is 394 g/mol. The van der Waals surface area contributed by atoms with Crippen LogP contribution in [0.3, 0.4) is 0 Å². The third-order valence-electron chi connectivity index (χ3n) is 4.98. The molecule has 0 aliphatic carbocycles. The van der Waals surface area contributed by atoms with E-state index in [1.54, 1.807) is 0 Å². The highest BCUT2D eigenvalue weighted by molar-refractivity contribution is 7.86. The zero-order valence-electron chi connectivity index (χ0n) is 19.2. The van der Waals surface area contributed by atoms with Crippen molar-refractivity contribution in [3.8, 4) is 0 Å². The molecular formula is C22H48ClNO3S. The van der Waals surface area contributed by atoms with Crippen LogP contribution in [0.25, 0.3) is 0 Å². The van der Waals surface area contributed by atoms with Crippen molar-refractivity contribution in [2.24, 2.45) is 0 Å². The minimum Gasteiger partial charge on any atom is -1.00 e. The van der Waals surface area contributed by atoms with E-state index in [4.69, 9.17) is 4.18 Å². The smallest absolute Gasteiger partial charge is 0.267 e. The number of quaternary nitrogens is 1. The minimum absolute atomic E-state index is 0. The molecule has 0 radical (unpaired) electrons. The van der Waals surface area contributed by atoms with Crippen LogP contribution in [0, 0.1) is 0 Å². The Morgan fingerprint density at radius 2 is 1.04 bits per heavy atom. The molecule has 0 N–H and O–H groups in total. The van der Waals surface area contributed by atoms with Gasteiger partial charge in [0.15, 0.2) is 0 Å². The highest BCUT2D eigenvalue weighted by Crippen LogP contribution is 2.13. The number of halogens is 1. The van der Waals surface area contributed by atoms with Gasteiger partial charge in [0, 0.05) is 6.42 Å². The van der Waals surface area contributed by atoms with Gasteiger partial charge in [-0.3, -0.25) is 4.18 Å². The van der Waals surface area contributed by atoms with Crippen molar-refractivity contribution in [3.05, 3.63) is 0 Å². The Hall–Kier alpha value is 0.160. The second-order valence-electron chi connectivity index (χ2n) is 9.05. The molecule has 0 bridgehead atoms. The summed E-state index contributed by atoms with van der Waals surface area (Å²) >= 11 is 0. The Morgan fingerprint density at radius 1 is 0.643 bits per heavy atom. The van der Waals surface area contributed by atoms with Crippen molar-refractivity contribution < 1.29 is 29.5 Å². The van der Waals surface area contributed by atoms with Crippen LogP contribution >= 0.6 is 0 Å². The fourth-order valence-electron chi connectivity index (χ4n) is 3.26. The van der Waals surface area contributed by atoms with Gasteiger partial charge in [-0.15, -0.1) is 0 Å². The number of hydrogen-bond acceptors (Lipinski definition) is 3. The molecule has 0 aromatic carbocycles.